The Bertz CT molecular complexity index is 354. The molecule has 88 valence electrons. The van der Waals surface area contributed by atoms with Crippen LogP contribution in [0.2, 0.25) is 5.15 Å². The van der Waals surface area contributed by atoms with Crippen LogP contribution in [0.3, 0.4) is 0 Å². The largest absolute Gasteiger partial charge is 0.382 e. The first-order chi connectivity index (χ1) is 7.66. The van der Waals surface area contributed by atoms with Gasteiger partial charge in [0.1, 0.15) is 5.15 Å². The third-order valence-corrected chi connectivity index (χ3v) is 3.99. The molecule has 3 unspecified atom stereocenters. The second-order valence-electron chi connectivity index (χ2n) is 4.89. The molecule has 1 aliphatic carbocycles. The van der Waals surface area contributed by atoms with Crippen molar-refractivity contribution in [3.63, 3.8) is 0 Å². The van der Waals surface area contributed by atoms with E-state index in [2.05, 4.69) is 24.1 Å². The third-order valence-electron chi connectivity index (χ3n) is 3.79. The lowest BCUT2D eigenvalue weighted by Gasteiger charge is -2.35. The van der Waals surface area contributed by atoms with E-state index >= 15 is 0 Å². The Labute approximate surface area is 102 Å². The fourth-order valence-corrected chi connectivity index (χ4v) is 2.67. The summed E-state index contributed by atoms with van der Waals surface area (Å²) in [4.78, 5) is 3.99. The standard InChI is InChI=1S/C13H19ClN2/c1-9-4-3-5-12(10(9)2)16-11-6-7-15-13(14)8-11/h6-10,12H,3-5H2,1-2H3,(H,15,16). The number of nitrogens with one attached hydrogen (secondary N) is 1. The quantitative estimate of drug-likeness (QED) is 0.789. The minimum absolute atomic E-state index is 0.557. The molecular weight excluding hydrogens is 220 g/mol. The smallest absolute Gasteiger partial charge is 0.131 e. The van der Waals surface area contributed by atoms with Crippen molar-refractivity contribution in [2.75, 3.05) is 5.32 Å². The van der Waals surface area contributed by atoms with Gasteiger partial charge in [0.2, 0.25) is 0 Å². The summed E-state index contributed by atoms with van der Waals surface area (Å²) in [5.74, 6) is 1.53. The molecule has 0 aromatic carbocycles. The van der Waals surface area contributed by atoms with E-state index in [4.69, 9.17) is 11.6 Å². The highest BCUT2D eigenvalue weighted by atomic mass is 35.5. The summed E-state index contributed by atoms with van der Waals surface area (Å²) < 4.78 is 0. The Morgan fingerprint density at radius 2 is 2.19 bits per heavy atom. The zero-order valence-electron chi connectivity index (χ0n) is 9.91. The van der Waals surface area contributed by atoms with Crippen molar-refractivity contribution in [2.45, 2.75) is 39.2 Å². The molecule has 1 heterocycles. The van der Waals surface area contributed by atoms with E-state index in [0.29, 0.717) is 11.2 Å². The zero-order valence-corrected chi connectivity index (χ0v) is 10.7. The fourth-order valence-electron chi connectivity index (χ4n) is 2.49. The predicted molar refractivity (Wildman–Crippen MR) is 68.8 cm³/mol. The van der Waals surface area contributed by atoms with Crippen molar-refractivity contribution in [1.29, 1.82) is 0 Å². The second-order valence-corrected chi connectivity index (χ2v) is 5.27. The average Bonchev–Trinajstić information content (AvgIpc) is 2.25. The van der Waals surface area contributed by atoms with Crippen LogP contribution < -0.4 is 5.32 Å². The summed E-state index contributed by atoms with van der Waals surface area (Å²) in [6.07, 6.45) is 5.69. The van der Waals surface area contributed by atoms with Crippen LogP contribution >= 0.6 is 11.6 Å². The number of hydrogen-bond donors (Lipinski definition) is 1. The number of nitrogens with zero attached hydrogens (tertiary/aromatic N) is 1. The topological polar surface area (TPSA) is 24.9 Å². The molecule has 3 heteroatoms. The lowest BCUT2D eigenvalue weighted by atomic mass is 9.78. The van der Waals surface area contributed by atoms with Gasteiger partial charge in [-0.1, -0.05) is 38.3 Å². The maximum atomic E-state index is 5.88. The van der Waals surface area contributed by atoms with Crippen LogP contribution in [0.15, 0.2) is 18.3 Å². The number of rotatable bonds is 2. The van der Waals surface area contributed by atoms with Crippen molar-refractivity contribution in [2.24, 2.45) is 11.8 Å². The molecule has 2 nitrogen and oxygen atoms in total. The number of hydrogen-bond acceptors (Lipinski definition) is 2. The highest BCUT2D eigenvalue weighted by Crippen LogP contribution is 2.31. The van der Waals surface area contributed by atoms with Gasteiger partial charge in [0.25, 0.3) is 0 Å². The van der Waals surface area contributed by atoms with Gasteiger partial charge in [0.15, 0.2) is 0 Å². The van der Waals surface area contributed by atoms with Crippen LogP contribution in [0.5, 0.6) is 0 Å². The molecule has 1 N–H and O–H groups in total. The highest BCUT2D eigenvalue weighted by Gasteiger charge is 2.26. The minimum Gasteiger partial charge on any atom is -0.382 e. The molecule has 0 amide bonds. The zero-order chi connectivity index (χ0) is 11.5. The summed E-state index contributed by atoms with van der Waals surface area (Å²) in [5.41, 5.74) is 1.09. The van der Waals surface area contributed by atoms with Gasteiger partial charge in [-0.3, -0.25) is 0 Å². The lowest BCUT2D eigenvalue weighted by Crippen LogP contribution is -2.34. The van der Waals surface area contributed by atoms with Crippen LogP contribution in [0.1, 0.15) is 33.1 Å². The van der Waals surface area contributed by atoms with E-state index in [1.165, 1.54) is 19.3 Å². The molecule has 3 atom stereocenters. The van der Waals surface area contributed by atoms with E-state index in [0.717, 1.165) is 17.5 Å². The van der Waals surface area contributed by atoms with Gasteiger partial charge in [-0.25, -0.2) is 4.98 Å². The Morgan fingerprint density at radius 3 is 2.94 bits per heavy atom. The first-order valence-electron chi connectivity index (χ1n) is 6.05. The summed E-state index contributed by atoms with van der Waals surface area (Å²) in [7, 11) is 0. The molecule has 1 fully saturated rings. The molecule has 0 saturated heterocycles. The molecule has 2 rings (SSSR count). The van der Waals surface area contributed by atoms with Crippen molar-refractivity contribution in [1.82, 2.24) is 4.98 Å². The molecular formula is C13H19ClN2. The molecule has 1 aromatic heterocycles. The van der Waals surface area contributed by atoms with E-state index in [1.807, 2.05) is 12.1 Å². The molecule has 0 spiro atoms. The van der Waals surface area contributed by atoms with Crippen molar-refractivity contribution in [3.8, 4) is 0 Å². The molecule has 0 aliphatic heterocycles. The SMILES string of the molecule is CC1CCCC(Nc2ccnc(Cl)c2)C1C. The Hall–Kier alpha value is -0.760. The van der Waals surface area contributed by atoms with E-state index in [-0.39, 0.29) is 0 Å². The van der Waals surface area contributed by atoms with Gasteiger partial charge < -0.3 is 5.32 Å². The summed E-state index contributed by atoms with van der Waals surface area (Å²) >= 11 is 5.88. The first-order valence-corrected chi connectivity index (χ1v) is 6.42. The van der Waals surface area contributed by atoms with Crippen LogP contribution in [0, 0.1) is 11.8 Å². The maximum absolute atomic E-state index is 5.88. The van der Waals surface area contributed by atoms with Crippen LogP contribution in [-0.4, -0.2) is 11.0 Å². The van der Waals surface area contributed by atoms with Gasteiger partial charge in [-0.05, 0) is 30.4 Å². The van der Waals surface area contributed by atoms with Crippen molar-refractivity contribution < 1.29 is 0 Å². The van der Waals surface area contributed by atoms with Crippen LogP contribution in [0.4, 0.5) is 5.69 Å². The first kappa shape index (κ1) is 11.7. The number of anilines is 1. The van der Waals surface area contributed by atoms with Gasteiger partial charge in [-0.2, -0.15) is 0 Å². The third kappa shape index (κ3) is 2.67. The van der Waals surface area contributed by atoms with Crippen LogP contribution in [-0.2, 0) is 0 Å². The number of pyridine rings is 1. The maximum Gasteiger partial charge on any atom is 0.131 e. The number of halogens is 1. The summed E-state index contributed by atoms with van der Waals surface area (Å²) in [5, 5.41) is 4.13. The lowest BCUT2D eigenvalue weighted by molar-refractivity contribution is 0.253. The summed E-state index contributed by atoms with van der Waals surface area (Å²) in [6, 6.07) is 4.45. The molecule has 1 saturated carbocycles. The summed E-state index contributed by atoms with van der Waals surface area (Å²) in [6.45, 7) is 4.68. The van der Waals surface area contributed by atoms with E-state index in [9.17, 15) is 0 Å². The fraction of sp³-hybridized carbons (Fsp3) is 0.615. The second kappa shape index (κ2) is 5.05. The Morgan fingerprint density at radius 1 is 1.38 bits per heavy atom. The Balaban J connectivity index is 2.03. The minimum atomic E-state index is 0.557. The van der Waals surface area contributed by atoms with Gasteiger partial charge in [-0.15, -0.1) is 0 Å². The number of aromatic nitrogens is 1. The molecule has 0 radical (unpaired) electrons. The molecule has 1 aromatic rings. The Kier molecular flexibility index (Phi) is 3.70. The normalized spacial score (nSPS) is 30.1. The molecule has 0 bridgehead atoms. The predicted octanol–water partition coefficient (Wildman–Crippen LogP) is 3.97. The highest BCUT2D eigenvalue weighted by molar-refractivity contribution is 6.29. The molecule has 1 aliphatic rings. The van der Waals surface area contributed by atoms with Crippen LogP contribution in [0.25, 0.3) is 0 Å². The van der Waals surface area contributed by atoms with Gasteiger partial charge in [0.05, 0.1) is 0 Å². The van der Waals surface area contributed by atoms with Gasteiger partial charge in [0, 0.05) is 17.9 Å². The van der Waals surface area contributed by atoms with Gasteiger partial charge >= 0.3 is 0 Å². The molecule has 16 heavy (non-hydrogen) atoms. The van der Waals surface area contributed by atoms with Crippen molar-refractivity contribution in [3.05, 3.63) is 23.5 Å². The van der Waals surface area contributed by atoms with Crippen molar-refractivity contribution >= 4 is 17.3 Å². The average molecular weight is 239 g/mol. The van der Waals surface area contributed by atoms with E-state index in [1.54, 1.807) is 6.20 Å². The van der Waals surface area contributed by atoms with E-state index < -0.39 is 0 Å². The monoisotopic (exact) mass is 238 g/mol.